The average Bonchev–Trinajstić information content (AvgIpc) is 2.13. The highest BCUT2D eigenvalue weighted by Gasteiger charge is 2.40. The second-order valence-electron chi connectivity index (χ2n) is 4.93. The maximum Gasteiger partial charge on any atom is 0.174 e. The average molecular weight is 287 g/mol. The Balaban J connectivity index is 3.03. The summed E-state index contributed by atoms with van der Waals surface area (Å²) in [5.41, 5.74) is 1.77. The summed E-state index contributed by atoms with van der Waals surface area (Å²) in [7, 11) is 15.7. The highest BCUT2D eigenvalue weighted by molar-refractivity contribution is 8.22. The highest BCUT2D eigenvalue weighted by Crippen LogP contribution is 2.44. The van der Waals surface area contributed by atoms with E-state index in [0.29, 0.717) is 5.46 Å². The van der Waals surface area contributed by atoms with E-state index in [-0.39, 0.29) is 5.16 Å². The van der Waals surface area contributed by atoms with Gasteiger partial charge in [-0.3, -0.25) is 0 Å². The molecule has 0 aliphatic rings. The molecule has 0 saturated carbocycles. The molecular formula is C12H17BClOPS. The van der Waals surface area contributed by atoms with Gasteiger partial charge in [0.25, 0.3) is 0 Å². The molecule has 1 nitrogen and oxygen atoms in total. The summed E-state index contributed by atoms with van der Waals surface area (Å²) in [6.07, 6.45) is 0. The highest BCUT2D eigenvalue weighted by atomic mass is 35.7. The molecule has 0 aromatic heterocycles. The molecule has 0 heterocycles. The standard InChI is InChI=1S/C12H17BClOPS/c1-8-5-9(13)7-10(6-8)15-12(4,17-14)11(2,3)16/h5-7H,16H2,1-4H3. The lowest BCUT2D eigenvalue weighted by Gasteiger charge is -2.39. The first-order valence-corrected chi connectivity index (χ1v) is 7.55. The zero-order chi connectivity index (χ0) is 13.3. The summed E-state index contributed by atoms with van der Waals surface area (Å²) in [6.45, 7) is 8.08. The van der Waals surface area contributed by atoms with Gasteiger partial charge in [-0.05, 0) is 53.2 Å². The first kappa shape index (κ1) is 15.2. The monoisotopic (exact) mass is 286 g/mol. The number of hydrogen-bond donors (Lipinski definition) is 0. The van der Waals surface area contributed by atoms with Crippen molar-refractivity contribution in [3.63, 3.8) is 0 Å². The first-order chi connectivity index (χ1) is 7.68. The predicted octanol–water partition coefficient (Wildman–Crippen LogP) is 3.42. The van der Waals surface area contributed by atoms with Gasteiger partial charge in [-0.15, -0.1) is 9.24 Å². The third kappa shape index (κ3) is 3.81. The molecule has 2 atom stereocenters. The fraction of sp³-hybridized carbons (Fsp3) is 0.500. The molecule has 1 aromatic carbocycles. The summed E-state index contributed by atoms with van der Waals surface area (Å²) in [6, 6.07) is 5.68. The van der Waals surface area contributed by atoms with Crippen LogP contribution in [-0.4, -0.2) is 17.9 Å². The van der Waals surface area contributed by atoms with Crippen LogP contribution in [0.15, 0.2) is 18.2 Å². The molecule has 0 aliphatic carbocycles. The van der Waals surface area contributed by atoms with Crippen LogP contribution in [0.5, 0.6) is 5.75 Å². The zero-order valence-electron chi connectivity index (χ0n) is 10.6. The molecule has 92 valence electrons. The van der Waals surface area contributed by atoms with Crippen LogP contribution in [0.4, 0.5) is 0 Å². The van der Waals surface area contributed by atoms with E-state index < -0.39 is 4.93 Å². The third-order valence-electron chi connectivity index (χ3n) is 2.70. The minimum atomic E-state index is -0.542. The normalized spacial score (nSPS) is 15.4. The van der Waals surface area contributed by atoms with Gasteiger partial charge in [0.15, 0.2) is 4.93 Å². The molecule has 2 radical (unpaired) electrons. The Morgan fingerprint density at radius 3 is 2.29 bits per heavy atom. The molecule has 2 unspecified atom stereocenters. The van der Waals surface area contributed by atoms with Crippen molar-refractivity contribution in [2.24, 2.45) is 0 Å². The molecule has 0 aliphatic heterocycles. The van der Waals surface area contributed by atoms with Crippen LogP contribution in [0, 0.1) is 6.92 Å². The molecule has 17 heavy (non-hydrogen) atoms. The van der Waals surface area contributed by atoms with E-state index in [0.717, 1.165) is 11.3 Å². The van der Waals surface area contributed by atoms with Crippen LogP contribution in [-0.2, 0) is 0 Å². The van der Waals surface area contributed by atoms with E-state index in [1.54, 1.807) is 0 Å². The fourth-order valence-corrected chi connectivity index (χ4v) is 2.78. The zero-order valence-corrected chi connectivity index (χ0v) is 13.3. The van der Waals surface area contributed by atoms with Crippen molar-refractivity contribution < 1.29 is 4.74 Å². The van der Waals surface area contributed by atoms with Crippen LogP contribution in [0.2, 0.25) is 0 Å². The van der Waals surface area contributed by atoms with Crippen LogP contribution < -0.4 is 10.2 Å². The van der Waals surface area contributed by atoms with Gasteiger partial charge in [0.2, 0.25) is 0 Å². The van der Waals surface area contributed by atoms with Crippen LogP contribution in [0.1, 0.15) is 26.3 Å². The Labute approximate surface area is 116 Å². The summed E-state index contributed by atoms with van der Waals surface area (Å²) in [4.78, 5) is -0.542. The Morgan fingerprint density at radius 1 is 1.29 bits per heavy atom. The second-order valence-corrected chi connectivity index (χ2v) is 7.77. The maximum atomic E-state index is 6.01. The van der Waals surface area contributed by atoms with Gasteiger partial charge < -0.3 is 4.74 Å². The van der Waals surface area contributed by atoms with Crippen molar-refractivity contribution >= 4 is 44.2 Å². The number of ether oxygens (including phenoxy) is 1. The maximum absolute atomic E-state index is 6.01. The van der Waals surface area contributed by atoms with E-state index in [9.17, 15) is 0 Å². The van der Waals surface area contributed by atoms with Gasteiger partial charge in [-0.25, -0.2) is 0 Å². The minimum Gasteiger partial charge on any atom is -0.475 e. The Kier molecular flexibility index (Phi) is 4.85. The van der Waals surface area contributed by atoms with Gasteiger partial charge in [-0.2, -0.15) is 0 Å². The van der Waals surface area contributed by atoms with E-state index >= 15 is 0 Å². The molecule has 1 aromatic rings. The summed E-state index contributed by atoms with van der Waals surface area (Å²) >= 11 is 0. The molecule has 0 fully saturated rings. The lowest BCUT2D eigenvalue weighted by molar-refractivity contribution is 0.153. The molecule has 0 saturated heterocycles. The molecule has 0 bridgehead atoms. The van der Waals surface area contributed by atoms with Gasteiger partial charge in [-0.1, -0.05) is 25.4 Å². The molecule has 0 spiro atoms. The Hall–Kier alpha value is 0.155. The van der Waals surface area contributed by atoms with Gasteiger partial charge in [0.05, 0.1) is 0 Å². The molecule has 0 N–H and O–H groups in total. The smallest absolute Gasteiger partial charge is 0.174 e. The topological polar surface area (TPSA) is 9.23 Å². The Bertz CT molecular complexity index is 388. The van der Waals surface area contributed by atoms with Crippen molar-refractivity contribution in [1.82, 2.24) is 0 Å². The number of benzene rings is 1. The summed E-state index contributed by atoms with van der Waals surface area (Å²) in [5.74, 6) is 0.744. The predicted molar refractivity (Wildman–Crippen MR) is 82.8 cm³/mol. The van der Waals surface area contributed by atoms with Crippen molar-refractivity contribution in [2.75, 3.05) is 0 Å². The molecule has 0 amide bonds. The number of halogens is 1. The minimum absolute atomic E-state index is 0.169. The third-order valence-corrected chi connectivity index (χ3v) is 5.25. The summed E-state index contributed by atoms with van der Waals surface area (Å²) in [5, 5.41) is -0.169. The van der Waals surface area contributed by atoms with Crippen molar-refractivity contribution in [1.29, 1.82) is 0 Å². The SMILES string of the molecule is [B]c1cc(C)cc(OC(C)(SCl)C(C)(C)P)c1. The van der Waals surface area contributed by atoms with E-state index in [1.165, 1.54) is 11.0 Å². The van der Waals surface area contributed by atoms with Crippen molar-refractivity contribution in [2.45, 2.75) is 37.8 Å². The second kappa shape index (κ2) is 5.42. The molecule has 1 rings (SSSR count). The van der Waals surface area contributed by atoms with Gasteiger partial charge >= 0.3 is 0 Å². The van der Waals surface area contributed by atoms with Crippen LogP contribution in [0.25, 0.3) is 0 Å². The van der Waals surface area contributed by atoms with E-state index in [2.05, 4.69) is 23.1 Å². The quantitative estimate of drug-likeness (QED) is 0.476. The van der Waals surface area contributed by atoms with Gasteiger partial charge in [0, 0.05) is 5.16 Å². The largest absolute Gasteiger partial charge is 0.475 e. The number of aryl methyl sites for hydroxylation is 1. The van der Waals surface area contributed by atoms with E-state index in [4.69, 9.17) is 23.3 Å². The van der Waals surface area contributed by atoms with E-state index in [1.807, 2.05) is 32.0 Å². The van der Waals surface area contributed by atoms with Gasteiger partial charge in [0.1, 0.15) is 13.6 Å². The van der Waals surface area contributed by atoms with Crippen LogP contribution >= 0.6 is 30.9 Å². The van der Waals surface area contributed by atoms with Crippen LogP contribution in [0.3, 0.4) is 0 Å². The lowest BCUT2D eigenvalue weighted by atomic mass is 9.94. The summed E-state index contributed by atoms with van der Waals surface area (Å²) < 4.78 is 6.01. The Morgan fingerprint density at radius 2 is 1.88 bits per heavy atom. The van der Waals surface area contributed by atoms with Crippen molar-refractivity contribution in [3.8, 4) is 5.75 Å². The number of rotatable bonds is 4. The van der Waals surface area contributed by atoms with Crippen molar-refractivity contribution in [3.05, 3.63) is 23.8 Å². The fourth-order valence-electron chi connectivity index (χ4n) is 1.31. The number of hydrogen-bond acceptors (Lipinski definition) is 2. The first-order valence-electron chi connectivity index (χ1n) is 5.33. The molecule has 5 heteroatoms. The lowest BCUT2D eigenvalue weighted by Crippen LogP contribution is -2.44. The molecular weight excluding hydrogens is 269 g/mol.